The average molecular weight is 475 g/mol. The number of hydrogen-bond acceptors (Lipinski definition) is 7. The van der Waals surface area contributed by atoms with Crippen LogP contribution in [0.1, 0.15) is 59.6 Å². The fourth-order valence-electron chi connectivity index (χ4n) is 7.20. The molecule has 4 heterocycles. The van der Waals surface area contributed by atoms with E-state index < -0.39 is 0 Å². The van der Waals surface area contributed by atoms with E-state index in [0.29, 0.717) is 27.8 Å². The molecule has 4 bridgehead atoms. The SMILES string of the molecule is Cc1nn(C)c2nc(-c3ccco3)cc(C(=O)Nc3nnc(C45CC6CC(CC(C6)C4)C5)s3)c12. The summed E-state index contributed by atoms with van der Waals surface area (Å²) in [6.07, 6.45) is 9.46. The van der Waals surface area contributed by atoms with Crippen molar-refractivity contribution in [2.24, 2.45) is 24.8 Å². The molecule has 9 heteroatoms. The number of pyridine rings is 1. The summed E-state index contributed by atoms with van der Waals surface area (Å²) in [5, 5.41) is 18.9. The standard InChI is InChI=1S/C25H26N6O2S/c1-13-20-17(9-18(19-4-3-5-33-19)26-21(20)31(2)30-13)22(32)27-24-29-28-23(34-24)25-10-14-6-15(11-25)8-16(7-14)12-25/h3-5,9,14-16H,6-8,10-12H2,1-2H3,(H,27,29,32). The van der Waals surface area contributed by atoms with Crippen LogP contribution in [0, 0.1) is 24.7 Å². The van der Waals surface area contributed by atoms with Crippen molar-refractivity contribution in [2.45, 2.75) is 50.9 Å². The molecule has 0 unspecified atom stereocenters. The molecule has 4 fully saturated rings. The zero-order chi connectivity index (χ0) is 23.0. The molecule has 1 N–H and O–H groups in total. The minimum absolute atomic E-state index is 0.172. The Morgan fingerprint density at radius 3 is 2.59 bits per heavy atom. The third-order valence-electron chi connectivity index (χ3n) is 8.12. The lowest BCUT2D eigenvalue weighted by Crippen LogP contribution is -2.48. The van der Waals surface area contributed by atoms with Gasteiger partial charge in [-0.3, -0.25) is 14.8 Å². The maximum absolute atomic E-state index is 13.5. The largest absolute Gasteiger partial charge is 0.463 e. The molecular formula is C25H26N6O2S. The van der Waals surface area contributed by atoms with Gasteiger partial charge < -0.3 is 4.42 Å². The molecule has 4 saturated carbocycles. The molecule has 8 nitrogen and oxygen atoms in total. The monoisotopic (exact) mass is 474 g/mol. The molecule has 34 heavy (non-hydrogen) atoms. The van der Waals surface area contributed by atoms with Crippen molar-refractivity contribution in [1.82, 2.24) is 25.0 Å². The highest BCUT2D eigenvalue weighted by Crippen LogP contribution is 2.61. The van der Waals surface area contributed by atoms with E-state index in [2.05, 4.69) is 20.6 Å². The summed E-state index contributed by atoms with van der Waals surface area (Å²) in [5.41, 5.74) is 2.67. The molecule has 4 aromatic heterocycles. The number of nitrogens with zero attached hydrogens (tertiary/aromatic N) is 5. The van der Waals surface area contributed by atoms with Gasteiger partial charge in [0.25, 0.3) is 5.91 Å². The second-order valence-electron chi connectivity index (χ2n) is 10.5. The number of fused-ring (bicyclic) bond motifs is 1. The van der Waals surface area contributed by atoms with E-state index in [1.807, 2.05) is 26.1 Å². The van der Waals surface area contributed by atoms with Crippen molar-refractivity contribution in [2.75, 3.05) is 5.32 Å². The van der Waals surface area contributed by atoms with Gasteiger partial charge in [0.05, 0.1) is 22.9 Å². The maximum Gasteiger partial charge on any atom is 0.258 e. The summed E-state index contributed by atoms with van der Waals surface area (Å²) >= 11 is 1.55. The van der Waals surface area contributed by atoms with Crippen LogP contribution in [0.2, 0.25) is 0 Å². The van der Waals surface area contributed by atoms with Gasteiger partial charge in [-0.15, -0.1) is 10.2 Å². The van der Waals surface area contributed by atoms with Crippen LogP contribution >= 0.6 is 11.3 Å². The van der Waals surface area contributed by atoms with Gasteiger partial charge in [-0.25, -0.2) is 4.98 Å². The first-order valence-electron chi connectivity index (χ1n) is 12.0. The van der Waals surface area contributed by atoms with Crippen LogP contribution in [0.4, 0.5) is 5.13 Å². The molecular weight excluding hydrogens is 448 g/mol. The van der Waals surface area contributed by atoms with Gasteiger partial charge in [0.15, 0.2) is 11.4 Å². The fraction of sp³-hybridized carbons (Fsp3) is 0.480. The van der Waals surface area contributed by atoms with Gasteiger partial charge >= 0.3 is 0 Å². The van der Waals surface area contributed by atoms with Gasteiger partial charge in [-0.05, 0) is 81.4 Å². The Hall–Kier alpha value is -3.07. The Bertz CT molecular complexity index is 1380. The van der Waals surface area contributed by atoms with Gasteiger partial charge in [0.1, 0.15) is 10.7 Å². The van der Waals surface area contributed by atoms with Crippen LogP contribution in [0.15, 0.2) is 28.9 Å². The smallest absolute Gasteiger partial charge is 0.258 e. The molecule has 0 spiro atoms. The van der Waals surface area contributed by atoms with Crippen LogP contribution in [0.5, 0.6) is 0 Å². The summed E-state index contributed by atoms with van der Waals surface area (Å²) in [7, 11) is 1.83. The zero-order valence-electron chi connectivity index (χ0n) is 19.2. The Morgan fingerprint density at radius 1 is 1.18 bits per heavy atom. The number of rotatable bonds is 4. The van der Waals surface area contributed by atoms with Crippen LogP contribution in [0.3, 0.4) is 0 Å². The number of aryl methyl sites for hydroxylation is 2. The second kappa shape index (κ2) is 7.21. The van der Waals surface area contributed by atoms with E-state index in [1.54, 1.807) is 28.3 Å². The van der Waals surface area contributed by atoms with Gasteiger partial charge in [-0.1, -0.05) is 11.3 Å². The second-order valence-corrected chi connectivity index (χ2v) is 11.5. The van der Waals surface area contributed by atoms with E-state index in [-0.39, 0.29) is 11.3 Å². The number of furan rings is 1. The van der Waals surface area contributed by atoms with Crippen LogP contribution < -0.4 is 5.32 Å². The summed E-state index contributed by atoms with van der Waals surface area (Å²) in [6.45, 7) is 1.89. The number of carbonyl (C=O) groups is 1. The Morgan fingerprint density at radius 2 is 1.91 bits per heavy atom. The normalized spacial score (nSPS) is 27.5. The summed E-state index contributed by atoms with van der Waals surface area (Å²) in [5.74, 6) is 2.89. The molecule has 1 amide bonds. The van der Waals surface area contributed by atoms with Crippen LogP contribution in [-0.2, 0) is 12.5 Å². The van der Waals surface area contributed by atoms with Crippen LogP contribution in [-0.4, -0.2) is 30.9 Å². The van der Waals surface area contributed by atoms with Crippen molar-refractivity contribution in [3.63, 3.8) is 0 Å². The van der Waals surface area contributed by atoms with E-state index >= 15 is 0 Å². The molecule has 0 aliphatic heterocycles. The molecule has 0 radical (unpaired) electrons. The quantitative estimate of drug-likeness (QED) is 0.441. The van der Waals surface area contributed by atoms with Gasteiger partial charge in [0, 0.05) is 12.5 Å². The van der Waals surface area contributed by atoms with E-state index in [4.69, 9.17) is 9.40 Å². The maximum atomic E-state index is 13.5. The molecule has 0 saturated heterocycles. The predicted octanol–water partition coefficient (Wildman–Crippen LogP) is 5.11. The summed E-state index contributed by atoms with van der Waals surface area (Å²) in [4.78, 5) is 18.2. The summed E-state index contributed by atoms with van der Waals surface area (Å²) in [6, 6.07) is 5.41. The number of aromatic nitrogens is 5. The first-order chi connectivity index (χ1) is 16.5. The number of hydrogen-bond donors (Lipinski definition) is 1. The van der Waals surface area contributed by atoms with Gasteiger partial charge in [0.2, 0.25) is 5.13 Å². The highest BCUT2D eigenvalue weighted by Gasteiger charge is 2.53. The van der Waals surface area contributed by atoms with Crippen molar-refractivity contribution in [3.8, 4) is 11.5 Å². The Labute approximate surface area is 200 Å². The molecule has 174 valence electrons. The molecule has 4 aliphatic rings. The number of carbonyl (C=O) groups excluding carboxylic acids is 1. The van der Waals surface area contributed by atoms with E-state index in [0.717, 1.165) is 33.8 Å². The number of nitrogens with one attached hydrogen (secondary N) is 1. The van der Waals surface area contributed by atoms with E-state index in [9.17, 15) is 4.79 Å². The minimum Gasteiger partial charge on any atom is -0.463 e. The highest BCUT2D eigenvalue weighted by atomic mass is 32.1. The van der Waals surface area contributed by atoms with Crippen LogP contribution in [0.25, 0.3) is 22.5 Å². The molecule has 0 atom stereocenters. The highest BCUT2D eigenvalue weighted by molar-refractivity contribution is 7.15. The topological polar surface area (TPSA) is 98.7 Å². The first-order valence-corrected chi connectivity index (χ1v) is 12.8. The lowest BCUT2D eigenvalue weighted by atomic mass is 9.50. The van der Waals surface area contributed by atoms with Crippen molar-refractivity contribution in [1.29, 1.82) is 0 Å². The van der Waals surface area contributed by atoms with Crippen molar-refractivity contribution >= 4 is 33.4 Å². The molecule has 0 aromatic carbocycles. The first kappa shape index (κ1) is 20.3. The van der Waals surface area contributed by atoms with Crippen molar-refractivity contribution in [3.05, 3.63) is 40.7 Å². The minimum atomic E-state index is -0.232. The van der Waals surface area contributed by atoms with Gasteiger partial charge in [-0.2, -0.15) is 5.10 Å². The lowest BCUT2D eigenvalue weighted by molar-refractivity contribution is -0.00555. The Kier molecular flexibility index (Phi) is 4.31. The Balaban J connectivity index is 1.22. The average Bonchev–Trinajstić information content (AvgIpc) is 3.54. The third kappa shape index (κ3) is 3.06. The predicted molar refractivity (Wildman–Crippen MR) is 129 cm³/mol. The molecule has 4 aliphatic carbocycles. The zero-order valence-corrected chi connectivity index (χ0v) is 20.1. The summed E-state index contributed by atoms with van der Waals surface area (Å²) < 4.78 is 7.24. The third-order valence-corrected chi connectivity index (χ3v) is 9.21. The number of anilines is 1. The lowest BCUT2D eigenvalue weighted by Gasteiger charge is -2.55. The number of amides is 1. The molecule has 8 rings (SSSR count). The van der Waals surface area contributed by atoms with E-state index in [1.165, 1.54) is 38.5 Å². The fourth-order valence-corrected chi connectivity index (χ4v) is 8.16. The molecule has 4 aromatic rings. The van der Waals surface area contributed by atoms with Crippen molar-refractivity contribution < 1.29 is 9.21 Å².